The monoisotopic (exact) mass is 434 g/mol. The average molecular weight is 435 g/mol. The van der Waals surface area contributed by atoms with Crippen molar-refractivity contribution in [2.45, 2.75) is 26.1 Å². The Labute approximate surface area is 176 Å². The van der Waals surface area contributed by atoms with Gasteiger partial charge in [0.15, 0.2) is 11.5 Å². The molecule has 2 N–H and O–H groups in total. The number of nitrogens with zero attached hydrogens (tertiary/aromatic N) is 6. The van der Waals surface area contributed by atoms with Crippen molar-refractivity contribution in [1.29, 1.82) is 0 Å². The van der Waals surface area contributed by atoms with Crippen molar-refractivity contribution >= 4 is 40.4 Å². The highest BCUT2D eigenvalue weighted by atomic mass is 35.5. The van der Waals surface area contributed by atoms with Crippen LogP contribution in [0.5, 0.6) is 0 Å². The number of aryl methyl sites for hydroxylation is 1. The van der Waals surface area contributed by atoms with Crippen molar-refractivity contribution in [2.24, 2.45) is 0 Å². The highest BCUT2D eigenvalue weighted by Crippen LogP contribution is 2.28. The zero-order valence-electron chi connectivity index (χ0n) is 15.7. The summed E-state index contributed by atoms with van der Waals surface area (Å²) in [5, 5.41) is 11.1. The van der Waals surface area contributed by atoms with Gasteiger partial charge in [-0.25, -0.2) is 14.4 Å². The number of halogens is 2. The molecular formula is C18H20ClFN8S. The van der Waals surface area contributed by atoms with E-state index < -0.39 is 6.17 Å². The van der Waals surface area contributed by atoms with Crippen molar-refractivity contribution in [2.75, 3.05) is 18.4 Å². The summed E-state index contributed by atoms with van der Waals surface area (Å²) in [6, 6.07) is 2.00. The predicted octanol–water partition coefficient (Wildman–Crippen LogP) is 3.59. The van der Waals surface area contributed by atoms with Crippen molar-refractivity contribution in [1.82, 2.24) is 33.8 Å². The Morgan fingerprint density at radius 2 is 2.28 bits per heavy atom. The quantitative estimate of drug-likeness (QED) is 0.499. The molecule has 4 aromatic rings. The Balaban J connectivity index is 0.00000205. The minimum Gasteiger partial charge on any atom is -0.328 e. The van der Waals surface area contributed by atoms with Crippen LogP contribution in [0.15, 0.2) is 30.9 Å². The maximum absolute atomic E-state index is 13.4. The Bertz CT molecular complexity index is 1110. The molecule has 0 unspecified atom stereocenters. The van der Waals surface area contributed by atoms with Crippen LogP contribution in [-0.2, 0) is 6.54 Å². The number of anilines is 2. The molecule has 29 heavy (non-hydrogen) atoms. The number of rotatable bonds is 5. The van der Waals surface area contributed by atoms with Gasteiger partial charge in [0.1, 0.15) is 11.2 Å². The Morgan fingerprint density at radius 1 is 1.38 bits per heavy atom. The number of nitrogens with one attached hydrogen (secondary N) is 2. The molecule has 1 atom stereocenters. The summed E-state index contributed by atoms with van der Waals surface area (Å²) in [4.78, 5) is 11.3. The second-order valence-electron chi connectivity index (χ2n) is 6.98. The fraction of sp³-hybridized carbons (Fsp3) is 0.333. The van der Waals surface area contributed by atoms with Crippen LogP contribution < -0.4 is 5.32 Å². The highest BCUT2D eigenvalue weighted by Gasteiger charge is 2.22. The molecule has 0 bridgehead atoms. The number of alkyl halides is 1. The van der Waals surface area contributed by atoms with E-state index in [9.17, 15) is 4.39 Å². The molecule has 5 rings (SSSR count). The first kappa shape index (κ1) is 19.7. The Morgan fingerprint density at radius 3 is 3.03 bits per heavy atom. The fourth-order valence-electron chi connectivity index (χ4n) is 3.52. The first-order chi connectivity index (χ1) is 13.7. The molecule has 152 valence electrons. The molecule has 8 nitrogen and oxygen atoms in total. The first-order valence-electron chi connectivity index (χ1n) is 9.08. The van der Waals surface area contributed by atoms with E-state index in [2.05, 4.69) is 34.8 Å². The number of aromatic nitrogens is 6. The summed E-state index contributed by atoms with van der Waals surface area (Å²) < 4.78 is 19.9. The Hall–Kier alpha value is -2.56. The smallest absolute Gasteiger partial charge is 0.180 e. The topological polar surface area (TPSA) is 87.0 Å². The molecule has 0 aromatic carbocycles. The number of hydrogen-bond donors (Lipinski definition) is 2. The summed E-state index contributed by atoms with van der Waals surface area (Å²) in [5.41, 5.74) is 4.44. The second-order valence-corrected chi connectivity index (χ2v) is 7.79. The number of fused-ring (bicyclic) bond motifs is 1. The van der Waals surface area contributed by atoms with Gasteiger partial charge in [-0.3, -0.25) is 14.4 Å². The lowest BCUT2D eigenvalue weighted by Crippen LogP contribution is -2.20. The maximum atomic E-state index is 13.4. The minimum atomic E-state index is -0.717. The lowest BCUT2D eigenvalue weighted by molar-refractivity contribution is 0.281. The van der Waals surface area contributed by atoms with E-state index in [4.69, 9.17) is 0 Å². The van der Waals surface area contributed by atoms with Crippen LogP contribution in [0.2, 0.25) is 0 Å². The third kappa shape index (κ3) is 3.96. The number of imidazole rings is 1. The first-order valence-corrected chi connectivity index (χ1v) is 9.86. The van der Waals surface area contributed by atoms with Gasteiger partial charge in [0, 0.05) is 37.6 Å². The summed E-state index contributed by atoms with van der Waals surface area (Å²) in [5.74, 6) is 0.676. The molecule has 5 heterocycles. The van der Waals surface area contributed by atoms with Crippen molar-refractivity contribution < 1.29 is 4.39 Å². The molecule has 1 fully saturated rings. The van der Waals surface area contributed by atoms with Crippen LogP contribution in [0.3, 0.4) is 0 Å². The van der Waals surface area contributed by atoms with E-state index in [0.29, 0.717) is 25.3 Å². The lowest BCUT2D eigenvalue weighted by atomic mass is 10.3. The number of likely N-dealkylation sites (tertiary alicyclic amines) is 1. The third-order valence-corrected chi connectivity index (χ3v) is 5.55. The van der Waals surface area contributed by atoms with Gasteiger partial charge < -0.3 is 5.32 Å². The molecule has 1 aliphatic heterocycles. The number of hydrogen-bond acceptors (Lipinski definition) is 7. The second kappa shape index (κ2) is 8.05. The van der Waals surface area contributed by atoms with Crippen LogP contribution in [0, 0.1) is 6.92 Å². The van der Waals surface area contributed by atoms with Crippen LogP contribution >= 0.6 is 23.9 Å². The summed E-state index contributed by atoms with van der Waals surface area (Å²) >= 11 is 1.37. The van der Waals surface area contributed by atoms with E-state index in [1.54, 1.807) is 6.20 Å². The molecule has 0 amide bonds. The van der Waals surface area contributed by atoms with E-state index in [1.807, 2.05) is 36.0 Å². The van der Waals surface area contributed by atoms with Crippen LogP contribution in [-0.4, -0.2) is 53.1 Å². The zero-order chi connectivity index (χ0) is 19.1. The normalized spacial score (nSPS) is 17.0. The molecule has 0 aliphatic carbocycles. The molecule has 1 aliphatic rings. The minimum absolute atomic E-state index is 0. The van der Waals surface area contributed by atoms with Gasteiger partial charge in [-0.15, -0.1) is 12.4 Å². The van der Waals surface area contributed by atoms with Gasteiger partial charge in [0.05, 0.1) is 29.5 Å². The molecule has 1 saturated heterocycles. The lowest BCUT2D eigenvalue weighted by Gasteiger charge is -2.11. The predicted molar refractivity (Wildman–Crippen MR) is 113 cm³/mol. The van der Waals surface area contributed by atoms with E-state index >= 15 is 0 Å². The van der Waals surface area contributed by atoms with Crippen LogP contribution in [0.4, 0.5) is 15.2 Å². The van der Waals surface area contributed by atoms with Crippen molar-refractivity contribution in [3.8, 4) is 11.3 Å². The van der Waals surface area contributed by atoms with E-state index in [-0.39, 0.29) is 12.4 Å². The maximum Gasteiger partial charge on any atom is 0.180 e. The SMILES string of the molecule is Cc1cn2c(-c3cn[nH]c3)cnc2c(Nc2cc(CN3CC[C@@H](F)C3)ns2)n1.Cl. The summed E-state index contributed by atoms with van der Waals surface area (Å²) in [6.07, 6.45) is 7.26. The van der Waals surface area contributed by atoms with Crippen LogP contribution in [0.25, 0.3) is 16.9 Å². The number of H-pyrrole nitrogens is 1. The van der Waals surface area contributed by atoms with Gasteiger partial charge in [0.25, 0.3) is 0 Å². The molecular weight excluding hydrogens is 415 g/mol. The summed E-state index contributed by atoms with van der Waals surface area (Å²) in [6.45, 7) is 3.89. The Kier molecular flexibility index (Phi) is 5.48. The summed E-state index contributed by atoms with van der Waals surface area (Å²) in [7, 11) is 0. The van der Waals surface area contributed by atoms with Gasteiger partial charge in [-0.05, 0) is 30.9 Å². The zero-order valence-corrected chi connectivity index (χ0v) is 17.3. The fourth-order valence-corrected chi connectivity index (χ4v) is 4.17. The van der Waals surface area contributed by atoms with Crippen molar-refractivity contribution in [3.05, 3.63) is 42.2 Å². The number of aromatic amines is 1. The highest BCUT2D eigenvalue weighted by molar-refractivity contribution is 7.10. The van der Waals surface area contributed by atoms with Crippen LogP contribution in [0.1, 0.15) is 17.8 Å². The average Bonchev–Trinajstić information content (AvgIpc) is 3.43. The van der Waals surface area contributed by atoms with E-state index in [0.717, 1.165) is 39.8 Å². The van der Waals surface area contributed by atoms with Gasteiger partial charge in [0.2, 0.25) is 0 Å². The van der Waals surface area contributed by atoms with Gasteiger partial charge in [-0.1, -0.05) is 0 Å². The third-order valence-electron chi connectivity index (χ3n) is 4.81. The van der Waals surface area contributed by atoms with Gasteiger partial charge in [-0.2, -0.15) is 9.47 Å². The van der Waals surface area contributed by atoms with Crippen molar-refractivity contribution in [3.63, 3.8) is 0 Å². The molecule has 0 radical (unpaired) electrons. The molecule has 0 saturated carbocycles. The molecule has 4 aromatic heterocycles. The van der Waals surface area contributed by atoms with Gasteiger partial charge >= 0.3 is 0 Å². The molecule has 11 heteroatoms. The molecule has 0 spiro atoms. The van der Waals surface area contributed by atoms with E-state index in [1.165, 1.54) is 11.5 Å². The standard InChI is InChI=1S/C18H19FN8S.ClH/c1-11-8-27-15(12-5-21-22-6-12)7-20-18(27)17(23-11)24-16-4-14(25-28-16)10-26-3-2-13(19)9-26;/h4-8,13H,2-3,9-10H2,1H3,(H,21,22)(H,23,24);1H/t13-;/m1./s1. The largest absolute Gasteiger partial charge is 0.328 e.